The molecular weight excluding hydrogens is 408 g/mol. The van der Waals surface area contributed by atoms with Crippen molar-refractivity contribution in [3.05, 3.63) is 77.1 Å². The molecule has 1 aromatic heterocycles. The molecule has 1 aromatic carbocycles. The highest BCUT2D eigenvalue weighted by Crippen LogP contribution is 2.28. The Morgan fingerprint density at radius 3 is 2.52 bits per heavy atom. The number of benzene rings is 1. The van der Waals surface area contributed by atoms with Crippen molar-refractivity contribution in [2.24, 2.45) is 0 Å². The van der Waals surface area contributed by atoms with Gasteiger partial charge in [-0.05, 0) is 93.3 Å². The minimum atomic E-state index is 0.00543. The van der Waals surface area contributed by atoms with E-state index in [1.165, 1.54) is 29.5 Å². The SMILES string of the molecule is CCCCCC(=C(C)C=C(C)C(=O)N[C@H](C)CCCc1cccnc1)c1ccc(OC)cc1. The Morgan fingerprint density at radius 2 is 1.88 bits per heavy atom. The van der Waals surface area contributed by atoms with Gasteiger partial charge in [-0.1, -0.05) is 44.0 Å². The normalized spacial score (nSPS) is 13.3. The number of carbonyl (C=O) groups excluding carboxylic acids is 1. The molecule has 0 fully saturated rings. The molecular formula is C29H40N2O2. The van der Waals surface area contributed by atoms with Crippen LogP contribution in [0.3, 0.4) is 0 Å². The van der Waals surface area contributed by atoms with E-state index >= 15 is 0 Å². The van der Waals surface area contributed by atoms with Crippen LogP contribution in [0.2, 0.25) is 0 Å². The zero-order valence-corrected chi connectivity index (χ0v) is 21.0. The third-order valence-corrected chi connectivity index (χ3v) is 5.94. The van der Waals surface area contributed by atoms with Crippen molar-refractivity contribution in [1.82, 2.24) is 10.3 Å². The van der Waals surface area contributed by atoms with Gasteiger partial charge in [-0.15, -0.1) is 0 Å². The van der Waals surface area contributed by atoms with Gasteiger partial charge in [0.15, 0.2) is 0 Å². The predicted octanol–water partition coefficient (Wildman–Crippen LogP) is 6.92. The Bertz CT molecular complexity index is 914. The summed E-state index contributed by atoms with van der Waals surface area (Å²) in [6, 6.07) is 12.4. The number of nitrogens with zero attached hydrogens (tertiary/aromatic N) is 1. The van der Waals surface area contributed by atoms with Gasteiger partial charge in [0.1, 0.15) is 5.75 Å². The minimum absolute atomic E-state index is 0.00543. The Balaban J connectivity index is 2.03. The average Bonchev–Trinajstić information content (AvgIpc) is 2.82. The van der Waals surface area contributed by atoms with Crippen LogP contribution in [0.5, 0.6) is 5.75 Å². The zero-order valence-electron chi connectivity index (χ0n) is 21.0. The van der Waals surface area contributed by atoms with Crippen molar-refractivity contribution in [2.75, 3.05) is 7.11 Å². The Labute approximate surface area is 200 Å². The van der Waals surface area contributed by atoms with E-state index < -0.39 is 0 Å². The molecule has 1 atom stereocenters. The molecule has 0 spiro atoms. The number of amides is 1. The molecule has 1 N–H and O–H groups in total. The number of nitrogens with one attached hydrogen (secondary N) is 1. The monoisotopic (exact) mass is 448 g/mol. The molecule has 4 heteroatoms. The summed E-state index contributed by atoms with van der Waals surface area (Å²) in [7, 11) is 1.68. The molecule has 0 saturated carbocycles. The van der Waals surface area contributed by atoms with Crippen LogP contribution in [0.4, 0.5) is 0 Å². The number of carbonyl (C=O) groups is 1. The van der Waals surface area contributed by atoms with Gasteiger partial charge < -0.3 is 10.1 Å². The Morgan fingerprint density at radius 1 is 1.12 bits per heavy atom. The van der Waals surface area contributed by atoms with E-state index in [0.717, 1.165) is 49.0 Å². The fourth-order valence-corrected chi connectivity index (χ4v) is 3.96. The van der Waals surface area contributed by atoms with E-state index in [-0.39, 0.29) is 11.9 Å². The van der Waals surface area contributed by atoms with Crippen LogP contribution >= 0.6 is 0 Å². The standard InChI is InChI=1S/C29H40N2O2/c1-6-7-8-14-28(26-15-17-27(33-5)18-16-26)22(2)20-23(3)29(32)31-24(4)11-9-12-25-13-10-19-30-21-25/h10,13,15-21,24H,6-9,11-12,14H2,1-5H3,(H,31,32)/t24-/m1/s1. The van der Waals surface area contributed by atoms with Gasteiger partial charge in [0.05, 0.1) is 7.11 Å². The van der Waals surface area contributed by atoms with Crippen molar-refractivity contribution < 1.29 is 9.53 Å². The zero-order chi connectivity index (χ0) is 24.1. The van der Waals surface area contributed by atoms with Crippen LogP contribution in [0.15, 0.2) is 66.0 Å². The number of methoxy groups -OCH3 is 1. The fraction of sp³-hybridized carbons (Fsp3) is 0.448. The van der Waals surface area contributed by atoms with Crippen LogP contribution in [0.25, 0.3) is 5.57 Å². The number of allylic oxidation sites excluding steroid dienone is 3. The predicted molar refractivity (Wildman–Crippen MR) is 138 cm³/mol. The maximum Gasteiger partial charge on any atom is 0.247 e. The van der Waals surface area contributed by atoms with Gasteiger partial charge in [0, 0.05) is 24.0 Å². The summed E-state index contributed by atoms with van der Waals surface area (Å²) in [5.74, 6) is 0.860. The average molecular weight is 449 g/mol. The lowest BCUT2D eigenvalue weighted by molar-refractivity contribution is -0.118. The van der Waals surface area contributed by atoms with Crippen LogP contribution in [0, 0.1) is 0 Å². The Hall–Kier alpha value is -2.88. The van der Waals surface area contributed by atoms with E-state index in [0.29, 0.717) is 0 Å². The molecule has 2 rings (SSSR count). The van der Waals surface area contributed by atoms with E-state index in [2.05, 4.69) is 49.3 Å². The maximum absolute atomic E-state index is 12.8. The first-order valence-corrected chi connectivity index (χ1v) is 12.2. The van der Waals surface area contributed by atoms with Crippen molar-refractivity contribution in [2.45, 2.75) is 78.7 Å². The Kier molecular flexibility index (Phi) is 11.4. The minimum Gasteiger partial charge on any atom is -0.497 e. The number of aromatic nitrogens is 1. The number of unbranched alkanes of at least 4 members (excludes halogenated alkanes) is 2. The van der Waals surface area contributed by atoms with Crippen molar-refractivity contribution in [1.29, 1.82) is 0 Å². The summed E-state index contributed by atoms with van der Waals surface area (Å²) in [5.41, 5.74) is 5.61. The third-order valence-electron chi connectivity index (χ3n) is 5.94. The van der Waals surface area contributed by atoms with Crippen LogP contribution < -0.4 is 10.1 Å². The number of ether oxygens (including phenoxy) is 1. The molecule has 1 heterocycles. The lowest BCUT2D eigenvalue weighted by atomic mass is 9.94. The molecule has 4 nitrogen and oxygen atoms in total. The second-order valence-corrected chi connectivity index (χ2v) is 8.80. The number of aryl methyl sites for hydroxylation is 1. The van der Waals surface area contributed by atoms with E-state index in [1.54, 1.807) is 13.3 Å². The van der Waals surface area contributed by atoms with Crippen LogP contribution in [-0.2, 0) is 11.2 Å². The second kappa shape index (κ2) is 14.3. The highest BCUT2D eigenvalue weighted by Gasteiger charge is 2.11. The molecule has 0 aliphatic heterocycles. The van der Waals surface area contributed by atoms with Crippen molar-refractivity contribution in [3.63, 3.8) is 0 Å². The van der Waals surface area contributed by atoms with Gasteiger partial charge in [0.2, 0.25) is 5.91 Å². The molecule has 0 unspecified atom stereocenters. The quantitative estimate of drug-likeness (QED) is 0.206. The number of hydrogen-bond acceptors (Lipinski definition) is 3. The molecule has 0 radical (unpaired) electrons. The van der Waals surface area contributed by atoms with Crippen LogP contribution in [0.1, 0.15) is 77.3 Å². The topological polar surface area (TPSA) is 51.2 Å². The third kappa shape index (κ3) is 9.25. The summed E-state index contributed by atoms with van der Waals surface area (Å²) < 4.78 is 5.31. The van der Waals surface area contributed by atoms with Gasteiger partial charge in [0.25, 0.3) is 0 Å². The van der Waals surface area contributed by atoms with Gasteiger partial charge in [-0.3, -0.25) is 9.78 Å². The van der Waals surface area contributed by atoms with Gasteiger partial charge in [-0.2, -0.15) is 0 Å². The first kappa shape index (κ1) is 26.4. The smallest absolute Gasteiger partial charge is 0.247 e. The second-order valence-electron chi connectivity index (χ2n) is 8.80. The highest BCUT2D eigenvalue weighted by atomic mass is 16.5. The summed E-state index contributed by atoms with van der Waals surface area (Å²) >= 11 is 0. The number of pyridine rings is 1. The number of rotatable bonds is 13. The summed E-state index contributed by atoms with van der Waals surface area (Å²) in [6.07, 6.45) is 13.2. The van der Waals surface area contributed by atoms with Crippen LogP contribution in [-0.4, -0.2) is 24.0 Å². The summed E-state index contributed by atoms with van der Waals surface area (Å²) in [6.45, 7) is 8.30. The maximum atomic E-state index is 12.8. The summed E-state index contributed by atoms with van der Waals surface area (Å²) in [4.78, 5) is 17.0. The first-order valence-electron chi connectivity index (χ1n) is 12.2. The fourth-order valence-electron chi connectivity index (χ4n) is 3.96. The van der Waals surface area contributed by atoms with E-state index in [4.69, 9.17) is 4.74 Å². The molecule has 0 bridgehead atoms. The van der Waals surface area contributed by atoms with E-state index in [9.17, 15) is 4.79 Å². The lowest BCUT2D eigenvalue weighted by Crippen LogP contribution is -2.33. The molecule has 0 saturated heterocycles. The van der Waals surface area contributed by atoms with Gasteiger partial charge >= 0.3 is 0 Å². The molecule has 2 aromatic rings. The molecule has 178 valence electrons. The molecule has 0 aliphatic rings. The first-order chi connectivity index (χ1) is 15.9. The van der Waals surface area contributed by atoms with Crippen molar-refractivity contribution >= 4 is 11.5 Å². The van der Waals surface area contributed by atoms with Crippen molar-refractivity contribution in [3.8, 4) is 5.75 Å². The molecule has 33 heavy (non-hydrogen) atoms. The largest absolute Gasteiger partial charge is 0.497 e. The number of hydrogen-bond donors (Lipinski definition) is 1. The molecule has 1 amide bonds. The van der Waals surface area contributed by atoms with E-state index in [1.807, 2.05) is 37.4 Å². The highest BCUT2D eigenvalue weighted by molar-refractivity contribution is 5.94. The van der Waals surface area contributed by atoms with Gasteiger partial charge in [-0.25, -0.2) is 0 Å². The summed E-state index contributed by atoms with van der Waals surface area (Å²) in [5, 5.41) is 3.16. The lowest BCUT2D eigenvalue weighted by Gasteiger charge is -2.15. The molecule has 0 aliphatic carbocycles.